The molecule has 1 saturated heterocycles. The summed E-state index contributed by atoms with van der Waals surface area (Å²) in [5, 5.41) is 32.0. The maximum atomic E-state index is 17.9. The minimum Gasteiger partial charge on any atom is -0.390 e. The van der Waals surface area contributed by atoms with Crippen LogP contribution in [0.3, 0.4) is 0 Å². The lowest BCUT2D eigenvalue weighted by molar-refractivity contribution is -0.235. The first-order chi connectivity index (χ1) is 29.5. The molecule has 1 heterocycles. The molecular formula is C44H52F3N5O10. The van der Waals surface area contributed by atoms with Crippen LogP contribution in [0.5, 0.6) is 0 Å². The van der Waals surface area contributed by atoms with Gasteiger partial charge in [-0.1, -0.05) is 61.5 Å². The van der Waals surface area contributed by atoms with Gasteiger partial charge in [-0.05, 0) is 61.4 Å². The quantitative estimate of drug-likeness (QED) is 0.0767. The number of ketones is 1. The average Bonchev–Trinajstić information content (AvgIpc) is 3.75. The molecule has 8 N–H and O–H groups in total. The van der Waals surface area contributed by atoms with Gasteiger partial charge in [0.15, 0.2) is 23.3 Å². The van der Waals surface area contributed by atoms with Crippen LogP contribution in [-0.4, -0.2) is 114 Å². The smallest absolute Gasteiger partial charge is 0.243 e. The largest absolute Gasteiger partial charge is 0.390 e. The fourth-order valence-electron chi connectivity index (χ4n) is 10.7. The summed E-state index contributed by atoms with van der Waals surface area (Å²) in [6.07, 6.45) is -3.21. The molecule has 18 heteroatoms. The molecule has 1 unspecified atom stereocenters. The van der Waals surface area contributed by atoms with Gasteiger partial charge in [0.05, 0.1) is 37.9 Å². The van der Waals surface area contributed by atoms with E-state index in [1.54, 1.807) is 43.3 Å². The van der Waals surface area contributed by atoms with Gasteiger partial charge in [-0.25, -0.2) is 13.2 Å². The van der Waals surface area contributed by atoms with Crippen LogP contribution in [0.4, 0.5) is 13.2 Å². The number of amides is 4. The van der Waals surface area contributed by atoms with E-state index in [-0.39, 0.29) is 43.4 Å². The van der Waals surface area contributed by atoms with Gasteiger partial charge < -0.3 is 51.4 Å². The van der Waals surface area contributed by atoms with Gasteiger partial charge in [-0.2, -0.15) is 0 Å². The lowest BCUT2D eigenvalue weighted by atomic mass is 9.44. The number of nitrogens with two attached hydrogens (primary N) is 1. The Bertz CT molecular complexity index is 2130. The summed E-state index contributed by atoms with van der Waals surface area (Å²) >= 11 is 0. The van der Waals surface area contributed by atoms with Crippen molar-refractivity contribution in [3.63, 3.8) is 0 Å². The predicted octanol–water partition coefficient (Wildman–Crippen LogP) is 1.28. The van der Waals surface area contributed by atoms with E-state index in [1.165, 1.54) is 43.4 Å². The van der Waals surface area contributed by atoms with Gasteiger partial charge >= 0.3 is 0 Å². The number of hydrogen-bond donors (Lipinski definition) is 7. The Kier molecular flexibility index (Phi) is 12.8. The number of carbonyl (C=O) groups is 5. The highest BCUT2D eigenvalue weighted by Crippen LogP contribution is 2.72. The van der Waals surface area contributed by atoms with Crippen LogP contribution in [0.1, 0.15) is 50.5 Å². The molecule has 3 saturated carbocycles. The third kappa shape index (κ3) is 7.96. The van der Waals surface area contributed by atoms with Crippen LogP contribution in [0.15, 0.2) is 78.4 Å². The van der Waals surface area contributed by atoms with Crippen molar-refractivity contribution in [2.24, 2.45) is 28.4 Å². The number of ether oxygens (including phenoxy) is 3. The molecular weight excluding hydrogens is 816 g/mol. The molecule has 12 atom stereocenters. The number of rotatable bonds is 15. The second-order valence-electron chi connectivity index (χ2n) is 17.1. The number of carbonyl (C=O) groups excluding carboxylic acids is 5. The Morgan fingerprint density at radius 1 is 0.952 bits per heavy atom. The van der Waals surface area contributed by atoms with Gasteiger partial charge in [0.1, 0.15) is 31.4 Å². The molecule has 0 bridgehead atoms. The van der Waals surface area contributed by atoms with Crippen molar-refractivity contribution in [1.29, 1.82) is 0 Å². The van der Waals surface area contributed by atoms with Crippen molar-refractivity contribution in [2.45, 2.75) is 87.6 Å². The number of aliphatic hydroxyl groups excluding tert-OH is 2. The lowest BCUT2D eigenvalue weighted by Gasteiger charge is -2.63. The Morgan fingerprint density at radius 2 is 1.69 bits per heavy atom. The number of nitrogens with one attached hydrogen (secondary N) is 4. The summed E-state index contributed by atoms with van der Waals surface area (Å²) in [5.74, 6) is -5.73. The maximum Gasteiger partial charge on any atom is 0.243 e. The van der Waals surface area contributed by atoms with Crippen LogP contribution in [0.25, 0.3) is 0 Å². The van der Waals surface area contributed by atoms with E-state index >= 15 is 8.78 Å². The molecule has 0 aromatic heterocycles. The molecule has 2 aromatic carbocycles. The van der Waals surface area contributed by atoms with Crippen LogP contribution < -0.4 is 27.0 Å². The van der Waals surface area contributed by atoms with Gasteiger partial charge in [0.2, 0.25) is 23.6 Å². The van der Waals surface area contributed by atoms with Gasteiger partial charge in [-0.3, -0.25) is 24.0 Å². The summed E-state index contributed by atoms with van der Waals surface area (Å²) in [7, 11) is 0. The van der Waals surface area contributed by atoms with Crippen molar-refractivity contribution in [2.75, 3.05) is 33.0 Å². The molecule has 0 spiro atoms. The fourth-order valence-corrected chi connectivity index (χ4v) is 10.7. The summed E-state index contributed by atoms with van der Waals surface area (Å²) in [5.41, 5.74) is -0.929. The van der Waals surface area contributed by atoms with E-state index in [0.717, 1.165) is 0 Å². The molecule has 4 aliphatic carbocycles. The summed E-state index contributed by atoms with van der Waals surface area (Å²) in [4.78, 5) is 64.7. The minimum atomic E-state index is -2.39. The molecule has 2 aromatic rings. The fraction of sp³-hybridized carbons (Fsp3) is 0.523. The number of allylic oxidation sites excluding steroid dienone is 2. The van der Waals surface area contributed by atoms with E-state index in [1.807, 2.05) is 0 Å². The number of halogens is 3. The second-order valence-corrected chi connectivity index (χ2v) is 17.1. The van der Waals surface area contributed by atoms with E-state index in [9.17, 15) is 38.6 Å². The standard InChI is InChI=1S/C44H52F3N5O10/c1-41-12-11-27(53)15-30(41)31(46)16-29-28-17-35-44(42(28,2)18-33(54)43(29,41)47,62-40(61-35)25-9-6-10-26(45)14-25)34(55)22-60-23-51-37(57)20-50-39(59)32(13-24-7-4-3-5-8-24)52-38(58)21-49-36(56)19-48/h3-12,14-15,27-29,31-33,35,40,53-54H,13,16-23,48H2,1-2H3,(H,49,56)(H,50,59)(H,51,57)(H,52,58)/t27?,28-,29-,31-,32-,33-,35+,40+,41-,42-,43-,44+/m0/s1. The van der Waals surface area contributed by atoms with Crippen LogP contribution in [0.2, 0.25) is 0 Å². The minimum absolute atomic E-state index is 0.0375. The number of fused-ring (bicyclic) bond motifs is 7. The first-order valence-corrected chi connectivity index (χ1v) is 20.6. The third-order valence-electron chi connectivity index (χ3n) is 13.6. The lowest BCUT2D eigenvalue weighted by Crippen LogP contribution is -2.70. The molecule has 7 rings (SSSR count). The Labute approximate surface area is 356 Å². The van der Waals surface area contributed by atoms with Crippen molar-refractivity contribution in [3.8, 4) is 0 Å². The van der Waals surface area contributed by atoms with Crippen molar-refractivity contribution in [3.05, 3.63) is 95.3 Å². The maximum absolute atomic E-state index is 17.9. The third-order valence-corrected chi connectivity index (χ3v) is 13.6. The molecule has 15 nitrogen and oxygen atoms in total. The molecule has 334 valence electrons. The van der Waals surface area contributed by atoms with Crippen molar-refractivity contribution >= 4 is 29.4 Å². The second kappa shape index (κ2) is 17.7. The summed E-state index contributed by atoms with van der Waals surface area (Å²) in [6, 6.07) is 13.1. The average molecular weight is 868 g/mol. The zero-order valence-electron chi connectivity index (χ0n) is 34.3. The highest BCUT2D eigenvalue weighted by Gasteiger charge is 2.80. The number of alkyl halides is 2. The summed E-state index contributed by atoms with van der Waals surface area (Å²) < 4.78 is 67.0. The van der Waals surface area contributed by atoms with Crippen molar-refractivity contribution < 1.29 is 61.6 Å². The van der Waals surface area contributed by atoms with Crippen LogP contribution >= 0.6 is 0 Å². The summed E-state index contributed by atoms with van der Waals surface area (Å²) in [6.45, 7) is 0.745. The molecule has 1 aliphatic heterocycles. The number of aliphatic hydroxyl groups is 2. The Balaban J connectivity index is 1.03. The number of benzene rings is 2. The van der Waals surface area contributed by atoms with E-state index in [0.29, 0.717) is 5.56 Å². The van der Waals surface area contributed by atoms with E-state index < -0.39 is 132 Å². The molecule has 4 fully saturated rings. The Hall–Kier alpha value is -4.98. The first kappa shape index (κ1) is 45.1. The molecule has 5 aliphatic rings. The SMILES string of the molecule is C[C@]12C=CC(O)C=C1[C@@H](F)C[C@H]1[C@@H]3C[C@H]4O[C@@H](c5cccc(F)c5)O[C@@]4(C(=O)COCNC(=O)CNC(=O)[C@H](Cc4ccccc4)NC(=O)CNC(=O)CN)[C@@]3(C)C[C@H](O)[C@@]12F. The monoisotopic (exact) mass is 867 g/mol. The topological polar surface area (TPSA) is 228 Å². The van der Waals surface area contributed by atoms with Gasteiger partial charge in [-0.15, -0.1) is 0 Å². The molecule has 62 heavy (non-hydrogen) atoms. The number of hydrogen-bond acceptors (Lipinski definition) is 11. The normalized spacial score (nSPS) is 34.6. The highest BCUT2D eigenvalue weighted by molar-refractivity contribution is 5.93. The predicted molar refractivity (Wildman–Crippen MR) is 214 cm³/mol. The highest BCUT2D eigenvalue weighted by atomic mass is 19.1. The van der Waals surface area contributed by atoms with Crippen molar-refractivity contribution in [1.82, 2.24) is 21.3 Å². The van der Waals surface area contributed by atoms with Crippen LogP contribution in [-0.2, 0) is 44.6 Å². The molecule has 4 amide bonds. The van der Waals surface area contributed by atoms with Gasteiger partial charge in [0.25, 0.3) is 0 Å². The zero-order valence-corrected chi connectivity index (χ0v) is 34.3. The molecule has 0 radical (unpaired) electrons. The van der Waals surface area contributed by atoms with E-state index in [2.05, 4.69) is 21.3 Å². The zero-order chi connectivity index (χ0) is 44.6. The Morgan fingerprint density at radius 3 is 2.42 bits per heavy atom. The van der Waals surface area contributed by atoms with Crippen LogP contribution in [0, 0.1) is 28.5 Å². The first-order valence-electron chi connectivity index (χ1n) is 20.6. The number of Topliss-reactive ketones (excluding diaryl/α,β-unsaturated/α-hetero) is 1. The van der Waals surface area contributed by atoms with E-state index in [4.69, 9.17) is 19.9 Å². The van der Waals surface area contributed by atoms with Gasteiger partial charge in [0, 0.05) is 28.7 Å².